The van der Waals surface area contributed by atoms with Gasteiger partial charge in [-0.15, -0.1) is 0 Å². The average Bonchev–Trinajstić information content (AvgIpc) is 2.72. The average molecular weight is 503 g/mol. The van der Waals surface area contributed by atoms with Crippen molar-refractivity contribution < 1.29 is 27.8 Å². The fraction of sp³-hybridized carbons (Fsp3) is 0.278. The molecule has 13 heteroatoms. The maximum absolute atomic E-state index is 13.1. The van der Waals surface area contributed by atoms with Gasteiger partial charge in [-0.2, -0.15) is 13.2 Å². The summed E-state index contributed by atoms with van der Waals surface area (Å²) in [6.45, 7) is 0.109. The van der Waals surface area contributed by atoms with E-state index in [0.717, 1.165) is 0 Å². The number of rotatable bonds is 4. The number of halogens is 4. The molecular formula is C18H14BrF3N4O5. The number of piperazine rings is 1. The summed E-state index contributed by atoms with van der Waals surface area (Å²) in [5.74, 6) is -0.302. The molecule has 0 aliphatic carbocycles. The molecule has 164 valence electrons. The first-order valence-electron chi connectivity index (χ1n) is 8.83. The van der Waals surface area contributed by atoms with Crippen LogP contribution in [0.1, 0.15) is 15.9 Å². The van der Waals surface area contributed by atoms with Gasteiger partial charge < -0.3 is 9.80 Å². The first-order chi connectivity index (χ1) is 14.5. The number of carbonyl (C=O) groups is 1. The zero-order valence-electron chi connectivity index (χ0n) is 15.6. The molecule has 1 aliphatic heterocycles. The van der Waals surface area contributed by atoms with E-state index in [1.165, 1.54) is 9.80 Å². The molecule has 31 heavy (non-hydrogen) atoms. The highest BCUT2D eigenvalue weighted by molar-refractivity contribution is 9.10. The first kappa shape index (κ1) is 22.5. The number of nitrogens with zero attached hydrogens (tertiary/aromatic N) is 4. The van der Waals surface area contributed by atoms with Gasteiger partial charge in [0.15, 0.2) is 5.69 Å². The molecule has 0 atom stereocenters. The van der Waals surface area contributed by atoms with Gasteiger partial charge in [-0.05, 0) is 28.1 Å². The Balaban J connectivity index is 1.92. The lowest BCUT2D eigenvalue weighted by Gasteiger charge is -2.35. The molecule has 1 saturated heterocycles. The lowest BCUT2D eigenvalue weighted by atomic mass is 10.1. The van der Waals surface area contributed by atoms with Gasteiger partial charge in [0.1, 0.15) is 0 Å². The summed E-state index contributed by atoms with van der Waals surface area (Å²) in [6, 6.07) is 7.31. The lowest BCUT2D eigenvalue weighted by Crippen LogP contribution is -2.49. The predicted octanol–water partition coefficient (Wildman–Crippen LogP) is 4.25. The Hall–Kier alpha value is -3.22. The minimum atomic E-state index is -4.98. The van der Waals surface area contributed by atoms with Gasteiger partial charge in [0.2, 0.25) is 0 Å². The molecule has 1 fully saturated rings. The molecule has 1 amide bonds. The van der Waals surface area contributed by atoms with Gasteiger partial charge in [-0.3, -0.25) is 25.0 Å². The van der Waals surface area contributed by atoms with Gasteiger partial charge in [0, 0.05) is 42.8 Å². The highest BCUT2D eigenvalue weighted by Crippen LogP contribution is 2.43. The van der Waals surface area contributed by atoms with Crippen LogP contribution in [0.15, 0.2) is 40.9 Å². The van der Waals surface area contributed by atoms with Gasteiger partial charge in [0.25, 0.3) is 17.3 Å². The molecular weight excluding hydrogens is 489 g/mol. The molecule has 1 aliphatic rings. The third kappa shape index (κ3) is 4.60. The summed E-state index contributed by atoms with van der Waals surface area (Å²) in [5.41, 5.74) is -3.59. The maximum Gasteiger partial charge on any atom is 0.416 e. The smallest absolute Gasteiger partial charge is 0.357 e. The summed E-state index contributed by atoms with van der Waals surface area (Å²) in [5, 5.41) is 22.9. The number of nitro groups is 2. The zero-order valence-corrected chi connectivity index (χ0v) is 17.2. The van der Waals surface area contributed by atoms with Crippen LogP contribution in [0.4, 0.5) is 30.2 Å². The van der Waals surface area contributed by atoms with Crippen LogP contribution >= 0.6 is 15.9 Å². The number of benzene rings is 2. The van der Waals surface area contributed by atoms with E-state index in [0.29, 0.717) is 22.2 Å². The van der Waals surface area contributed by atoms with Crippen molar-refractivity contribution in [2.45, 2.75) is 6.18 Å². The van der Waals surface area contributed by atoms with Gasteiger partial charge in [-0.1, -0.05) is 12.1 Å². The van der Waals surface area contributed by atoms with Gasteiger partial charge >= 0.3 is 6.18 Å². The summed E-state index contributed by atoms with van der Waals surface area (Å²) in [7, 11) is 0. The summed E-state index contributed by atoms with van der Waals surface area (Å²) >= 11 is 3.29. The van der Waals surface area contributed by atoms with Crippen LogP contribution < -0.4 is 4.90 Å². The van der Waals surface area contributed by atoms with Crippen LogP contribution in [-0.4, -0.2) is 46.8 Å². The standard InChI is InChI=1S/C18H14BrF3N4O5/c19-13-4-2-1-3-12(13)17(27)24-7-5-23(6-8-24)16-14(25(28)29)9-11(18(20,21)22)10-15(16)26(30)31/h1-4,9-10H,5-8H2. The van der Waals surface area contributed by atoms with Crippen LogP contribution in [0.25, 0.3) is 0 Å². The van der Waals surface area contributed by atoms with E-state index < -0.39 is 38.6 Å². The minimum absolute atomic E-state index is 0.0246. The Morgan fingerprint density at radius 1 is 0.968 bits per heavy atom. The SMILES string of the molecule is O=C(c1ccccc1Br)N1CCN(c2c([N+](=O)[O-])cc(C(F)(F)F)cc2[N+](=O)[O-])CC1. The van der Waals surface area contributed by atoms with Crippen molar-refractivity contribution in [1.29, 1.82) is 0 Å². The van der Waals surface area contributed by atoms with Crippen LogP contribution in [0.2, 0.25) is 0 Å². The summed E-state index contributed by atoms with van der Waals surface area (Å²) in [6.07, 6.45) is -4.98. The minimum Gasteiger partial charge on any atom is -0.357 e. The second-order valence-corrected chi connectivity index (χ2v) is 7.49. The number of hydrogen-bond donors (Lipinski definition) is 0. The Morgan fingerprint density at radius 2 is 1.48 bits per heavy atom. The molecule has 0 saturated carbocycles. The molecule has 0 aromatic heterocycles. The molecule has 0 bridgehead atoms. The molecule has 3 rings (SSSR count). The van der Waals surface area contributed by atoms with Gasteiger partial charge in [0.05, 0.1) is 21.0 Å². The third-order valence-electron chi connectivity index (χ3n) is 4.78. The quantitative estimate of drug-likeness (QED) is 0.456. The van der Waals surface area contributed by atoms with E-state index in [9.17, 15) is 38.2 Å². The maximum atomic E-state index is 13.1. The van der Waals surface area contributed by atoms with E-state index in [1.54, 1.807) is 24.3 Å². The molecule has 1 heterocycles. The van der Waals surface area contributed by atoms with Crippen LogP contribution in [-0.2, 0) is 6.18 Å². The molecule has 9 nitrogen and oxygen atoms in total. The largest absolute Gasteiger partial charge is 0.416 e. The highest BCUT2D eigenvalue weighted by atomic mass is 79.9. The number of amides is 1. The Morgan fingerprint density at radius 3 is 1.94 bits per heavy atom. The van der Waals surface area contributed by atoms with E-state index >= 15 is 0 Å². The number of carbonyl (C=O) groups excluding carboxylic acids is 1. The van der Waals surface area contributed by atoms with E-state index in [4.69, 9.17) is 0 Å². The van der Waals surface area contributed by atoms with Gasteiger partial charge in [-0.25, -0.2) is 0 Å². The van der Waals surface area contributed by atoms with E-state index in [-0.39, 0.29) is 32.1 Å². The van der Waals surface area contributed by atoms with Crippen LogP contribution in [0.3, 0.4) is 0 Å². The molecule has 0 spiro atoms. The fourth-order valence-electron chi connectivity index (χ4n) is 3.31. The second-order valence-electron chi connectivity index (χ2n) is 6.63. The second kappa shape index (κ2) is 8.49. The highest BCUT2D eigenvalue weighted by Gasteiger charge is 2.40. The topological polar surface area (TPSA) is 110 Å². The van der Waals surface area contributed by atoms with Crippen LogP contribution in [0.5, 0.6) is 0 Å². The number of alkyl halides is 3. The predicted molar refractivity (Wildman–Crippen MR) is 107 cm³/mol. The number of anilines is 1. The molecule has 0 radical (unpaired) electrons. The van der Waals surface area contributed by atoms with E-state index in [1.807, 2.05) is 0 Å². The molecule has 0 unspecified atom stereocenters. The Labute approximate surface area is 181 Å². The van der Waals surface area contributed by atoms with Crippen molar-refractivity contribution in [2.75, 3.05) is 31.1 Å². The first-order valence-corrected chi connectivity index (χ1v) is 9.62. The molecule has 0 N–H and O–H groups in total. The number of nitro benzene ring substituents is 2. The van der Waals surface area contributed by atoms with Crippen LogP contribution in [0, 0.1) is 20.2 Å². The number of hydrogen-bond acceptors (Lipinski definition) is 6. The fourth-order valence-corrected chi connectivity index (χ4v) is 3.76. The monoisotopic (exact) mass is 502 g/mol. The van der Waals surface area contributed by atoms with Crippen molar-refractivity contribution in [1.82, 2.24) is 4.90 Å². The summed E-state index contributed by atoms with van der Waals surface area (Å²) in [4.78, 5) is 36.2. The molecule has 2 aromatic carbocycles. The summed E-state index contributed by atoms with van der Waals surface area (Å²) < 4.78 is 39.8. The van der Waals surface area contributed by atoms with Crippen molar-refractivity contribution >= 4 is 38.9 Å². The van der Waals surface area contributed by atoms with Crippen molar-refractivity contribution in [3.8, 4) is 0 Å². The Bertz CT molecular complexity index is 1020. The zero-order chi connectivity index (χ0) is 22.9. The lowest BCUT2D eigenvalue weighted by molar-refractivity contribution is -0.393. The van der Waals surface area contributed by atoms with E-state index in [2.05, 4.69) is 15.9 Å². The van der Waals surface area contributed by atoms with Crippen molar-refractivity contribution in [3.63, 3.8) is 0 Å². The molecule has 2 aromatic rings. The Kier molecular flexibility index (Phi) is 6.15. The normalized spacial score (nSPS) is 14.5. The van der Waals surface area contributed by atoms with Crippen molar-refractivity contribution in [3.05, 3.63) is 72.2 Å². The third-order valence-corrected chi connectivity index (χ3v) is 5.47. The van der Waals surface area contributed by atoms with Crippen molar-refractivity contribution in [2.24, 2.45) is 0 Å².